The van der Waals surface area contributed by atoms with Gasteiger partial charge in [-0.3, -0.25) is 4.98 Å². The van der Waals surface area contributed by atoms with Gasteiger partial charge < -0.3 is 5.32 Å². The molecule has 0 amide bonds. The van der Waals surface area contributed by atoms with Gasteiger partial charge in [-0.1, -0.05) is 6.92 Å². The lowest BCUT2D eigenvalue weighted by Crippen LogP contribution is -1.98. The molecule has 0 aliphatic carbocycles. The van der Waals surface area contributed by atoms with Crippen molar-refractivity contribution < 1.29 is 0 Å². The van der Waals surface area contributed by atoms with Crippen LogP contribution in [0.3, 0.4) is 0 Å². The van der Waals surface area contributed by atoms with E-state index in [2.05, 4.69) is 28.3 Å². The van der Waals surface area contributed by atoms with E-state index in [0.29, 0.717) is 0 Å². The Morgan fingerprint density at radius 2 is 2.15 bits per heavy atom. The highest BCUT2D eigenvalue weighted by atomic mass is 32.1. The number of fused-ring (bicyclic) bond motifs is 1. The molecular weight excluding hydrogens is 268 g/mol. The number of aromatic nitrogens is 3. The first-order valence-corrected chi connectivity index (χ1v) is 7.43. The number of nitrogens with one attached hydrogen (secondary N) is 1. The van der Waals surface area contributed by atoms with Crippen molar-refractivity contribution in [3.8, 4) is 11.4 Å². The highest BCUT2D eigenvalue weighted by molar-refractivity contribution is 7.18. The maximum absolute atomic E-state index is 4.72. The van der Waals surface area contributed by atoms with E-state index in [9.17, 15) is 0 Å². The van der Waals surface area contributed by atoms with Gasteiger partial charge in [0.15, 0.2) is 5.82 Å². The van der Waals surface area contributed by atoms with Crippen LogP contribution in [-0.4, -0.2) is 22.0 Å². The Labute approximate surface area is 121 Å². The molecule has 0 spiro atoms. The van der Waals surface area contributed by atoms with Crippen LogP contribution in [0, 0.1) is 6.92 Å². The average molecular weight is 284 g/mol. The highest BCUT2D eigenvalue weighted by Crippen LogP contribution is 2.31. The molecule has 3 rings (SSSR count). The number of thiophene rings is 1. The lowest BCUT2D eigenvalue weighted by atomic mass is 10.1. The second-order valence-electron chi connectivity index (χ2n) is 4.62. The molecule has 0 radical (unpaired) electrons. The van der Waals surface area contributed by atoms with Crippen molar-refractivity contribution in [2.45, 2.75) is 20.3 Å². The van der Waals surface area contributed by atoms with Crippen LogP contribution in [0.15, 0.2) is 24.5 Å². The zero-order chi connectivity index (χ0) is 14.1. The van der Waals surface area contributed by atoms with Crippen LogP contribution in [0.5, 0.6) is 0 Å². The Morgan fingerprint density at radius 3 is 2.85 bits per heavy atom. The quantitative estimate of drug-likeness (QED) is 0.797. The molecule has 0 aliphatic heterocycles. The molecule has 3 aromatic heterocycles. The second-order valence-corrected chi connectivity index (χ2v) is 5.74. The van der Waals surface area contributed by atoms with Crippen LogP contribution < -0.4 is 5.32 Å². The monoisotopic (exact) mass is 284 g/mol. The Morgan fingerprint density at radius 1 is 1.30 bits per heavy atom. The summed E-state index contributed by atoms with van der Waals surface area (Å²) in [4.78, 5) is 15.9. The summed E-state index contributed by atoms with van der Waals surface area (Å²) in [6, 6.07) is 4.14. The number of hydrogen-bond donors (Lipinski definition) is 1. The second kappa shape index (κ2) is 5.17. The lowest BCUT2D eigenvalue weighted by molar-refractivity contribution is 1.18. The number of rotatable bonds is 3. The Balaban J connectivity index is 2.25. The van der Waals surface area contributed by atoms with Gasteiger partial charge in [0, 0.05) is 29.9 Å². The summed E-state index contributed by atoms with van der Waals surface area (Å²) in [5.41, 5.74) is 2.12. The summed E-state index contributed by atoms with van der Waals surface area (Å²) in [7, 11) is 1.90. The molecule has 0 unspecified atom stereocenters. The van der Waals surface area contributed by atoms with E-state index in [1.165, 1.54) is 4.88 Å². The molecule has 102 valence electrons. The molecular formula is C15H16N4S. The molecule has 5 heteroatoms. The topological polar surface area (TPSA) is 50.7 Å². The van der Waals surface area contributed by atoms with Crippen LogP contribution in [0.4, 0.5) is 5.82 Å². The molecule has 4 nitrogen and oxygen atoms in total. The molecule has 20 heavy (non-hydrogen) atoms. The first-order chi connectivity index (χ1) is 9.72. The Hall–Kier alpha value is -2.01. The van der Waals surface area contributed by atoms with Gasteiger partial charge in [0.2, 0.25) is 0 Å². The molecule has 0 aromatic carbocycles. The van der Waals surface area contributed by atoms with Crippen molar-refractivity contribution in [1.82, 2.24) is 15.0 Å². The predicted octanol–water partition coefficient (Wildman–Crippen LogP) is 3.67. The zero-order valence-electron chi connectivity index (χ0n) is 11.8. The molecule has 3 heterocycles. The largest absolute Gasteiger partial charge is 0.372 e. The fourth-order valence-corrected chi connectivity index (χ4v) is 3.15. The third kappa shape index (κ3) is 2.14. The maximum Gasteiger partial charge on any atom is 0.163 e. The smallest absolute Gasteiger partial charge is 0.163 e. The fraction of sp³-hybridized carbons (Fsp3) is 0.267. The third-order valence-electron chi connectivity index (χ3n) is 3.29. The van der Waals surface area contributed by atoms with Gasteiger partial charge in [-0.05, 0) is 31.0 Å². The minimum atomic E-state index is 0.756. The van der Waals surface area contributed by atoms with Gasteiger partial charge in [0.25, 0.3) is 0 Å². The SMILES string of the molecule is CCc1cc2c(NC)nc(-c3ccncc3C)nc2s1. The van der Waals surface area contributed by atoms with Gasteiger partial charge in [-0.25, -0.2) is 9.97 Å². The average Bonchev–Trinajstić information content (AvgIpc) is 2.89. The molecule has 0 saturated heterocycles. The molecule has 0 atom stereocenters. The van der Waals surface area contributed by atoms with Crippen LogP contribution >= 0.6 is 11.3 Å². The van der Waals surface area contributed by atoms with Crippen molar-refractivity contribution >= 4 is 27.4 Å². The molecule has 3 aromatic rings. The summed E-state index contributed by atoms with van der Waals surface area (Å²) in [5, 5.41) is 4.28. The number of aryl methyl sites for hydroxylation is 2. The molecule has 0 aliphatic rings. The Kier molecular flexibility index (Phi) is 3.36. The van der Waals surface area contributed by atoms with Gasteiger partial charge in [0.05, 0.1) is 5.39 Å². The standard InChI is InChI=1S/C15H16N4S/c1-4-10-7-12-13(16-3)18-14(19-15(12)20-10)11-5-6-17-8-9(11)2/h5-8H,4H2,1-3H3,(H,16,18,19). The van der Waals surface area contributed by atoms with E-state index < -0.39 is 0 Å². The van der Waals surface area contributed by atoms with Gasteiger partial charge >= 0.3 is 0 Å². The number of hydrogen-bond acceptors (Lipinski definition) is 5. The zero-order valence-corrected chi connectivity index (χ0v) is 12.6. The van der Waals surface area contributed by atoms with Crippen LogP contribution in [0.2, 0.25) is 0 Å². The molecule has 1 N–H and O–H groups in total. The van der Waals surface area contributed by atoms with E-state index in [1.54, 1.807) is 17.5 Å². The normalized spacial score (nSPS) is 10.9. The van der Waals surface area contributed by atoms with E-state index in [4.69, 9.17) is 4.98 Å². The van der Waals surface area contributed by atoms with Crippen molar-refractivity contribution in [2.75, 3.05) is 12.4 Å². The van der Waals surface area contributed by atoms with Crippen molar-refractivity contribution in [1.29, 1.82) is 0 Å². The summed E-state index contributed by atoms with van der Waals surface area (Å²) < 4.78 is 0. The minimum Gasteiger partial charge on any atom is -0.372 e. The summed E-state index contributed by atoms with van der Waals surface area (Å²) >= 11 is 1.73. The van der Waals surface area contributed by atoms with Gasteiger partial charge in [-0.15, -0.1) is 11.3 Å². The minimum absolute atomic E-state index is 0.756. The van der Waals surface area contributed by atoms with Crippen molar-refractivity contribution in [3.05, 3.63) is 35.0 Å². The predicted molar refractivity (Wildman–Crippen MR) is 84.3 cm³/mol. The van der Waals surface area contributed by atoms with Crippen molar-refractivity contribution in [2.24, 2.45) is 0 Å². The van der Waals surface area contributed by atoms with E-state index >= 15 is 0 Å². The Bertz CT molecular complexity index is 764. The number of nitrogens with zero attached hydrogens (tertiary/aromatic N) is 3. The van der Waals surface area contributed by atoms with Crippen LogP contribution in [-0.2, 0) is 6.42 Å². The van der Waals surface area contributed by atoms with E-state index in [-0.39, 0.29) is 0 Å². The molecule has 0 fully saturated rings. The maximum atomic E-state index is 4.72. The number of anilines is 1. The van der Waals surface area contributed by atoms with Crippen LogP contribution in [0.25, 0.3) is 21.6 Å². The highest BCUT2D eigenvalue weighted by Gasteiger charge is 2.12. The fourth-order valence-electron chi connectivity index (χ4n) is 2.18. The molecule has 0 saturated carbocycles. The van der Waals surface area contributed by atoms with E-state index in [1.807, 2.05) is 26.2 Å². The van der Waals surface area contributed by atoms with Gasteiger partial charge in [0.1, 0.15) is 10.6 Å². The molecule has 0 bridgehead atoms. The number of pyridine rings is 1. The van der Waals surface area contributed by atoms with Crippen molar-refractivity contribution in [3.63, 3.8) is 0 Å². The van der Waals surface area contributed by atoms with Crippen LogP contribution in [0.1, 0.15) is 17.4 Å². The summed E-state index contributed by atoms with van der Waals surface area (Å²) in [6.45, 7) is 4.19. The third-order valence-corrected chi connectivity index (χ3v) is 4.46. The first kappa shape index (κ1) is 13.0. The van der Waals surface area contributed by atoms with E-state index in [0.717, 1.165) is 39.4 Å². The summed E-state index contributed by atoms with van der Waals surface area (Å²) in [6.07, 6.45) is 4.64. The lowest BCUT2D eigenvalue weighted by Gasteiger charge is -2.07. The summed E-state index contributed by atoms with van der Waals surface area (Å²) in [5.74, 6) is 1.64. The first-order valence-electron chi connectivity index (χ1n) is 6.62. The van der Waals surface area contributed by atoms with Gasteiger partial charge in [-0.2, -0.15) is 0 Å².